The fourth-order valence-electron chi connectivity index (χ4n) is 1.69. The van der Waals surface area contributed by atoms with Crippen molar-refractivity contribution in [2.75, 3.05) is 11.0 Å². The summed E-state index contributed by atoms with van der Waals surface area (Å²) in [6, 6.07) is 12.3. The van der Waals surface area contributed by atoms with E-state index in [-0.39, 0.29) is 5.75 Å². The van der Waals surface area contributed by atoms with E-state index in [1.807, 2.05) is 0 Å². The second-order valence-corrected chi connectivity index (χ2v) is 6.49. The van der Waals surface area contributed by atoms with Gasteiger partial charge >= 0.3 is 0 Å². The number of nitrogens with one attached hydrogen (secondary N) is 2. The van der Waals surface area contributed by atoms with Crippen LogP contribution < -0.4 is 10.1 Å². The number of hydrazone groups is 1. The molecule has 0 saturated heterocycles. The molecule has 7 nitrogen and oxygen atoms in total. The van der Waals surface area contributed by atoms with Gasteiger partial charge in [-0.3, -0.25) is 9.52 Å². The van der Waals surface area contributed by atoms with E-state index in [2.05, 4.69) is 15.2 Å². The van der Waals surface area contributed by atoms with Gasteiger partial charge in [-0.2, -0.15) is 5.10 Å². The Morgan fingerprint density at radius 3 is 2.26 bits per heavy atom. The van der Waals surface area contributed by atoms with Crippen molar-refractivity contribution >= 4 is 27.8 Å². The van der Waals surface area contributed by atoms with Gasteiger partial charge in [0.15, 0.2) is 0 Å². The molecule has 0 radical (unpaired) electrons. The average Bonchev–Trinajstić information content (AvgIpc) is 2.48. The highest BCUT2D eigenvalue weighted by Crippen LogP contribution is 2.11. The van der Waals surface area contributed by atoms with E-state index in [1.165, 1.54) is 42.6 Å². The topological polar surface area (TPSA) is 108 Å². The van der Waals surface area contributed by atoms with Crippen molar-refractivity contribution < 1.29 is 18.3 Å². The van der Waals surface area contributed by atoms with Crippen molar-refractivity contribution in [3.8, 4) is 5.75 Å². The smallest absolute Gasteiger partial charge is 0.271 e. The highest BCUT2D eigenvalue weighted by atomic mass is 32.2. The SMILES string of the molecule is CS(=O)(=O)Nc1ccc(C(=O)N/N=C/c2ccc(O)cc2)cc1. The van der Waals surface area contributed by atoms with Crippen LogP contribution in [0.2, 0.25) is 0 Å². The molecule has 3 N–H and O–H groups in total. The van der Waals surface area contributed by atoms with Crippen molar-refractivity contribution in [3.05, 3.63) is 59.7 Å². The number of phenolic OH excluding ortho intramolecular Hbond substituents is 1. The predicted octanol–water partition coefficient (Wildman–Crippen LogP) is 1.53. The Morgan fingerprint density at radius 2 is 1.70 bits per heavy atom. The Morgan fingerprint density at radius 1 is 1.09 bits per heavy atom. The summed E-state index contributed by atoms with van der Waals surface area (Å²) in [6.45, 7) is 0. The number of carbonyl (C=O) groups excluding carboxylic acids is 1. The first-order chi connectivity index (χ1) is 10.8. The molecular weight excluding hydrogens is 318 g/mol. The predicted molar refractivity (Wildman–Crippen MR) is 88.1 cm³/mol. The van der Waals surface area contributed by atoms with Crippen LogP contribution in [0.5, 0.6) is 5.75 Å². The number of carbonyl (C=O) groups is 1. The molecule has 120 valence electrons. The van der Waals surface area contributed by atoms with Crippen molar-refractivity contribution in [3.63, 3.8) is 0 Å². The van der Waals surface area contributed by atoms with E-state index in [4.69, 9.17) is 5.11 Å². The first kappa shape index (κ1) is 16.5. The van der Waals surface area contributed by atoms with E-state index >= 15 is 0 Å². The lowest BCUT2D eigenvalue weighted by atomic mass is 10.2. The maximum Gasteiger partial charge on any atom is 0.271 e. The van der Waals surface area contributed by atoms with Crippen LogP contribution in [0, 0.1) is 0 Å². The van der Waals surface area contributed by atoms with Gasteiger partial charge < -0.3 is 5.11 Å². The molecule has 0 spiro atoms. The third kappa shape index (κ3) is 5.44. The molecule has 0 aliphatic rings. The van der Waals surface area contributed by atoms with Crippen LogP contribution in [0.25, 0.3) is 0 Å². The minimum absolute atomic E-state index is 0.147. The molecule has 0 aliphatic carbocycles. The summed E-state index contributed by atoms with van der Waals surface area (Å²) in [6.07, 6.45) is 2.49. The quantitative estimate of drug-likeness (QED) is 0.569. The zero-order valence-corrected chi connectivity index (χ0v) is 13.0. The Hall–Kier alpha value is -2.87. The molecule has 0 aliphatic heterocycles. The fraction of sp³-hybridized carbons (Fsp3) is 0.0667. The van der Waals surface area contributed by atoms with Gasteiger partial charge in [0.05, 0.1) is 12.5 Å². The van der Waals surface area contributed by atoms with Crippen LogP contribution in [-0.2, 0) is 10.0 Å². The maximum absolute atomic E-state index is 11.9. The van der Waals surface area contributed by atoms with Crippen LogP contribution >= 0.6 is 0 Å². The minimum atomic E-state index is -3.35. The molecule has 0 fully saturated rings. The summed E-state index contributed by atoms with van der Waals surface area (Å²) in [5.41, 5.74) is 3.79. The number of phenols is 1. The number of hydrogen-bond acceptors (Lipinski definition) is 5. The number of anilines is 1. The van der Waals surface area contributed by atoms with Crippen LogP contribution in [0.3, 0.4) is 0 Å². The number of sulfonamides is 1. The van der Waals surface area contributed by atoms with Gasteiger partial charge in [-0.15, -0.1) is 0 Å². The molecule has 0 heterocycles. The van der Waals surface area contributed by atoms with Crippen molar-refractivity contribution in [1.82, 2.24) is 5.43 Å². The molecule has 0 saturated carbocycles. The third-order valence-electron chi connectivity index (χ3n) is 2.72. The van der Waals surface area contributed by atoms with Gasteiger partial charge in [0.2, 0.25) is 10.0 Å². The summed E-state index contributed by atoms with van der Waals surface area (Å²) in [7, 11) is -3.35. The number of hydrogen-bond donors (Lipinski definition) is 3. The van der Waals surface area contributed by atoms with Crippen molar-refractivity contribution in [2.45, 2.75) is 0 Å². The number of nitrogens with zero attached hydrogens (tertiary/aromatic N) is 1. The molecule has 8 heteroatoms. The molecule has 2 aromatic carbocycles. The first-order valence-electron chi connectivity index (χ1n) is 6.54. The summed E-state index contributed by atoms with van der Waals surface area (Å²) < 4.78 is 24.5. The average molecular weight is 333 g/mol. The number of rotatable bonds is 5. The molecule has 0 aromatic heterocycles. The van der Waals surface area contributed by atoms with Gasteiger partial charge in [0.1, 0.15) is 5.75 Å². The lowest BCUT2D eigenvalue weighted by molar-refractivity contribution is 0.0955. The largest absolute Gasteiger partial charge is 0.508 e. The Labute approximate surface area is 133 Å². The Balaban J connectivity index is 1.96. The van der Waals surface area contributed by atoms with Gasteiger partial charge in [-0.05, 0) is 54.1 Å². The summed E-state index contributed by atoms with van der Waals surface area (Å²) in [4.78, 5) is 11.9. The van der Waals surface area contributed by atoms with Crippen LogP contribution in [0.1, 0.15) is 15.9 Å². The van der Waals surface area contributed by atoms with E-state index < -0.39 is 15.9 Å². The standard InChI is InChI=1S/C15H15N3O4S/c1-23(21,22)18-13-6-4-12(5-7-13)15(20)17-16-10-11-2-8-14(19)9-3-11/h2-10,18-19H,1H3,(H,17,20)/b16-10+. The maximum atomic E-state index is 11.9. The lowest BCUT2D eigenvalue weighted by Crippen LogP contribution is -2.17. The molecule has 0 unspecified atom stereocenters. The normalized spacial score (nSPS) is 11.3. The molecule has 2 aromatic rings. The molecule has 23 heavy (non-hydrogen) atoms. The molecule has 1 amide bonds. The zero-order valence-electron chi connectivity index (χ0n) is 12.2. The van der Waals surface area contributed by atoms with Gasteiger partial charge in [0.25, 0.3) is 5.91 Å². The molecule has 2 rings (SSSR count). The Bertz CT molecular complexity index is 813. The van der Waals surface area contributed by atoms with Gasteiger partial charge in [-0.1, -0.05) is 0 Å². The highest BCUT2D eigenvalue weighted by Gasteiger charge is 2.06. The number of aromatic hydroxyl groups is 1. The van der Waals surface area contributed by atoms with E-state index in [1.54, 1.807) is 12.1 Å². The zero-order chi connectivity index (χ0) is 16.9. The van der Waals surface area contributed by atoms with Crippen LogP contribution in [-0.4, -0.2) is 31.9 Å². The monoisotopic (exact) mass is 333 g/mol. The highest BCUT2D eigenvalue weighted by molar-refractivity contribution is 7.92. The van der Waals surface area contributed by atoms with Gasteiger partial charge in [0, 0.05) is 11.3 Å². The summed E-state index contributed by atoms with van der Waals surface area (Å²) in [5, 5.41) is 13.0. The molecule has 0 atom stereocenters. The number of amides is 1. The van der Waals surface area contributed by atoms with Crippen LogP contribution in [0.4, 0.5) is 5.69 Å². The first-order valence-corrected chi connectivity index (χ1v) is 8.43. The van der Waals surface area contributed by atoms with Gasteiger partial charge in [-0.25, -0.2) is 13.8 Å². The summed E-state index contributed by atoms with van der Waals surface area (Å²) >= 11 is 0. The van der Waals surface area contributed by atoms with Crippen molar-refractivity contribution in [2.24, 2.45) is 5.10 Å². The molecule has 0 bridgehead atoms. The van der Waals surface area contributed by atoms with Crippen LogP contribution in [0.15, 0.2) is 53.6 Å². The Kier molecular flexibility index (Phi) is 4.97. The van der Waals surface area contributed by atoms with E-state index in [9.17, 15) is 13.2 Å². The van der Waals surface area contributed by atoms with E-state index in [0.29, 0.717) is 11.3 Å². The third-order valence-corrected chi connectivity index (χ3v) is 3.33. The van der Waals surface area contributed by atoms with E-state index in [0.717, 1.165) is 11.8 Å². The van der Waals surface area contributed by atoms with Crippen molar-refractivity contribution in [1.29, 1.82) is 0 Å². The lowest BCUT2D eigenvalue weighted by Gasteiger charge is -2.04. The fourth-order valence-corrected chi connectivity index (χ4v) is 2.26. The second-order valence-electron chi connectivity index (χ2n) is 4.74. The summed E-state index contributed by atoms with van der Waals surface area (Å²) in [5.74, 6) is -0.278. The number of benzene rings is 2. The second kappa shape index (κ2) is 6.93. The molecular formula is C15H15N3O4S. The minimum Gasteiger partial charge on any atom is -0.508 e.